The van der Waals surface area contributed by atoms with Crippen molar-refractivity contribution in [1.82, 2.24) is 23.1 Å². The monoisotopic (exact) mass is 457 g/mol. The van der Waals surface area contributed by atoms with Crippen LogP contribution in [-0.2, 0) is 11.8 Å². The molecule has 9 heteroatoms. The highest BCUT2D eigenvalue weighted by atomic mass is 16.5. The van der Waals surface area contributed by atoms with Gasteiger partial charge in [-0.1, -0.05) is 30.3 Å². The zero-order valence-electron chi connectivity index (χ0n) is 19.2. The van der Waals surface area contributed by atoms with Gasteiger partial charge < -0.3 is 4.74 Å². The lowest BCUT2D eigenvalue weighted by molar-refractivity contribution is -0.119. The molecular formula is C25H23N5O4. The van der Waals surface area contributed by atoms with Crippen molar-refractivity contribution in [1.29, 1.82) is 0 Å². The fraction of sp³-hybridized carbons (Fsp3) is 0.200. The maximum Gasteiger partial charge on any atom is 0.333 e. The van der Waals surface area contributed by atoms with Gasteiger partial charge in [-0.25, -0.2) is 9.36 Å². The Bertz CT molecular complexity index is 1670. The Balaban J connectivity index is 1.92. The van der Waals surface area contributed by atoms with Crippen LogP contribution >= 0.6 is 0 Å². The van der Waals surface area contributed by atoms with Gasteiger partial charge in [0.15, 0.2) is 16.9 Å². The predicted molar refractivity (Wildman–Crippen MR) is 129 cm³/mol. The van der Waals surface area contributed by atoms with Crippen molar-refractivity contribution in [2.24, 2.45) is 7.05 Å². The number of rotatable bonds is 5. The number of benzene rings is 2. The number of nitrogens with zero attached hydrogens (tertiary/aromatic N) is 5. The number of hydrogen-bond donors (Lipinski definition) is 0. The average Bonchev–Trinajstić information content (AvgIpc) is 3.40. The molecule has 172 valence electrons. The Morgan fingerprint density at radius 2 is 1.71 bits per heavy atom. The van der Waals surface area contributed by atoms with Crippen LogP contribution in [0.4, 0.5) is 0 Å². The van der Waals surface area contributed by atoms with Gasteiger partial charge in [-0.2, -0.15) is 4.98 Å². The van der Waals surface area contributed by atoms with E-state index in [-0.39, 0.29) is 16.9 Å². The van der Waals surface area contributed by atoms with Gasteiger partial charge in [0.2, 0.25) is 5.78 Å². The topological polar surface area (TPSA) is 92.5 Å². The van der Waals surface area contributed by atoms with Gasteiger partial charge >= 0.3 is 5.69 Å². The number of carbonyl (C=O) groups is 1. The van der Waals surface area contributed by atoms with Crippen LogP contribution in [0.25, 0.3) is 33.9 Å². The molecule has 2 aromatic carbocycles. The van der Waals surface area contributed by atoms with Crippen molar-refractivity contribution in [3.63, 3.8) is 0 Å². The van der Waals surface area contributed by atoms with Crippen LogP contribution < -0.4 is 16.0 Å². The number of methoxy groups -OCH3 is 1. The second kappa shape index (κ2) is 7.87. The van der Waals surface area contributed by atoms with Crippen LogP contribution in [0.15, 0.2) is 70.4 Å². The first kappa shape index (κ1) is 21.4. The van der Waals surface area contributed by atoms with E-state index in [0.717, 1.165) is 21.5 Å². The van der Waals surface area contributed by atoms with E-state index in [2.05, 4.69) is 0 Å². The van der Waals surface area contributed by atoms with Crippen LogP contribution in [0.5, 0.6) is 5.75 Å². The van der Waals surface area contributed by atoms with Crippen molar-refractivity contribution < 1.29 is 9.53 Å². The van der Waals surface area contributed by atoms with Crippen LogP contribution in [0.2, 0.25) is 0 Å². The third-order valence-electron chi connectivity index (χ3n) is 6.17. The molecule has 5 aromatic rings. The van der Waals surface area contributed by atoms with Gasteiger partial charge in [0.1, 0.15) is 5.75 Å². The molecule has 0 N–H and O–H groups in total. The minimum atomic E-state index is -0.890. The smallest absolute Gasteiger partial charge is 0.333 e. The molecule has 3 aromatic heterocycles. The van der Waals surface area contributed by atoms with Crippen LogP contribution in [0.1, 0.15) is 19.9 Å². The van der Waals surface area contributed by atoms with Crippen molar-refractivity contribution >= 4 is 22.7 Å². The number of ketones is 1. The third kappa shape index (κ3) is 3.08. The lowest BCUT2D eigenvalue weighted by atomic mass is 10.1. The number of imidazole rings is 2. The van der Waals surface area contributed by atoms with E-state index in [0.29, 0.717) is 11.5 Å². The van der Waals surface area contributed by atoms with Crippen molar-refractivity contribution in [2.75, 3.05) is 7.11 Å². The molecule has 5 rings (SSSR count). The normalized spacial score (nSPS) is 12.4. The molecule has 1 unspecified atom stereocenters. The molecule has 0 saturated carbocycles. The minimum absolute atomic E-state index is 0.231. The molecule has 0 spiro atoms. The first-order valence-corrected chi connectivity index (χ1v) is 10.8. The summed E-state index contributed by atoms with van der Waals surface area (Å²) < 4.78 is 11.2. The highest BCUT2D eigenvalue weighted by molar-refractivity contribution is 5.82. The highest BCUT2D eigenvalue weighted by Gasteiger charge is 2.25. The van der Waals surface area contributed by atoms with E-state index in [4.69, 9.17) is 9.72 Å². The first-order chi connectivity index (χ1) is 16.3. The lowest BCUT2D eigenvalue weighted by Gasteiger charge is -2.12. The molecule has 0 radical (unpaired) electrons. The average molecular weight is 457 g/mol. The Kier molecular flexibility index (Phi) is 4.97. The summed E-state index contributed by atoms with van der Waals surface area (Å²) in [5.41, 5.74) is 1.90. The highest BCUT2D eigenvalue weighted by Crippen LogP contribution is 2.29. The second-order valence-electron chi connectivity index (χ2n) is 8.17. The molecule has 34 heavy (non-hydrogen) atoms. The number of ether oxygens (including phenoxy) is 1. The van der Waals surface area contributed by atoms with E-state index >= 15 is 0 Å². The zero-order chi connectivity index (χ0) is 24.1. The summed E-state index contributed by atoms with van der Waals surface area (Å²) >= 11 is 0. The van der Waals surface area contributed by atoms with Crippen molar-refractivity contribution in [2.45, 2.75) is 19.9 Å². The Hall–Kier alpha value is -4.40. The minimum Gasteiger partial charge on any atom is -0.497 e. The summed E-state index contributed by atoms with van der Waals surface area (Å²) in [5, 5.41) is 0. The van der Waals surface area contributed by atoms with Gasteiger partial charge in [-0.05, 0) is 38.1 Å². The summed E-state index contributed by atoms with van der Waals surface area (Å²) in [5.74, 6) is 0.907. The number of carbonyl (C=O) groups excluding carboxylic acids is 1. The Labute approximate surface area is 194 Å². The maximum atomic E-state index is 13.5. The van der Waals surface area contributed by atoms with E-state index in [1.54, 1.807) is 25.5 Å². The van der Waals surface area contributed by atoms with E-state index in [9.17, 15) is 14.4 Å². The molecule has 0 aliphatic carbocycles. The van der Waals surface area contributed by atoms with Crippen molar-refractivity contribution in [3.05, 3.63) is 81.6 Å². The molecule has 0 amide bonds. The summed E-state index contributed by atoms with van der Waals surface area (Å²) in [6.45, 7) is 2.91. The van der Waals surface area contributed by atoms with Crippen LogP contribution in [-0.4, -0.2) is 36.0 Å². The summed E-state index contributed by atoms with van der Waals surface area (Å²) in [7, 11) is 3.16. The van der Waals surface area contributed by atoms with Gasteiger partial charge in [0, 0.05) is 24.5 Å². The van der Waals surface area contributed by atoms with Gasteiger partial charge in [0.25, 0.3) is 5.56 Å². The van der Waals surface area contributed by atoms with Gasteiger partial charge in [0.05, 0.1) is 18.8 Å². The fourth-order valence-corrected chi connectivity index (χ4v) is 4.18. The number of fused-ring (bicyclic) bond motifs is 3. The maximum absolute atomic E-state index is 13.5. The van der Waals surface area contributed by atoms with E-state index in [1.165, 1.54) is 11.5 Å². The number of aromatic nitrogens is 5. The Morgan fingerprint density at radius 3 is 2.32 bits per heavy atom. The molecule has 0 saturated heterocycles. The molecule has 0 fully saturated rings. The number of hydrogen-bond acceptors (Lipinski definition) is 5. The summed E-state index contributed by atoms with van der Waals surface area (Å²) in [4.78, 5) is 43.2. The summed E-state index contributed by atoms with van der Waals surface area (Å²) in [6.07, 6.45) is 1.83. The molecule has 0 aliphatic heterocycles. The fourth-order valence-electron chi connectivity index (χ4n) is 4.18. The van der Waals surface area contributed by atoms with E-state index in [1.807, 2.05) is 65.4 Å². The summed E-state index contributed by atoms with van der Waals surface area (Å²) in [6, 6.07) is 16.4. The standard InChI is InChI=1S/C25H23N5O4/c1-15(16(2)31)29-23(32)21-22(27(3)25(29)33)26-24-28(21)14-20(17-8-6-5-7-9-17)30(24)18-10-12-19(34-4)13-11-18/h5-15H,1-4H3. The van der Waals surface area contributed by atoms with Crippen molar-refractivity contribution in [3.8, 4) is 22.7 Å². The van der Waals surface area contributed by atoms with Gasteiger partial charge in [-0.15, -0.1) is 0 Å². The van der Waals surface area contributed by atoms with Crippen LogP contribution in [0, 0.1) is 0 Å². The largest absolute Gasteiger partial charge is 0.497 e. The third-order valence-corrected chi connectivity index (χ3v) is 6.17. The Morgan fingerprint density at radius 1 is 1.03 bits per heavy atom. The molecule has 1 atom stereocenters. The van der Waals surface area contributed by atoms with Crippen LogP contribution in [0.3, 0.4) is 0 Å². The molecule has 3 heterocycles. The van der Waals surface area contributed by atoms with E-state index < -0.39 is 17.3 Å². The zero-order valence-corrected chi connectivity index (χ0v) is 19.2. The van der Waals surface area contributed by atoms with Gasteiger partial charge in [-0.3, -0.25) is 23.1 Å². The second-order valence-corrected chi connectivity index (χ2v) is 8.17. The molecule has 9 nitrogen and oxygen atoms in total. The lowest BCUT2D eigenvalue weighted by Crippen LogP contribution is -2.42. The quantitative estimate of drug-likeness (QED) is 0.405. The number of aryl methyl sites for hydroxylation is 1. The molecule has 0 aliphatic rings. The number of Topliss-reactive ketones (excluding diaryl/α,β-unsaturated/α-hetero) is 1. The first-order valence-electron chi connectivity index (χ1n) is 10.8. The molecule has 0 bridgehead atoms. The SMILES string of the molecule is COc1ccc(-n2c(-c3ccccc3)cn3c4c(=O)n(C(C)C(C)=O)c(=O)n(C)c4nc23)cc1. The predicted octanol–water partition coefficient (Wildman–Crippen LogP) is 2.96. The molecular weight excluding hydrogens is 434 g/mol.